The predicted octanol–water partition coefficient (Wildman–Crippen LogP) is 2.07. The summed E-state index contributed by atoms with van der Waals surface area (Å²) in [5.41, 5.74) is 6.45. The second-order valence-corrected chi connectivity index (χ2v) is 4.93. The molecule has 0 bridgehead atoms. The van der Waals surface area contributed by atoms with Crippen molar-refractivity contribution in [2.45, 2.75) is 13.5 Å². The standard InChI is InChI=1S/C12H12N4O3S/c1-7-8(3-2-4-10(7)16(18)19)15-12(17)9-6-20-11(5-13)14-9/h2-4,6H,5,13H2,1H3,(H,15,17). The van der Waals surface area contributed by atoms with Crippen LogP contribution in [0, 0.1) is 17.0 Å². The molecule has 0 spiro atoms. The number of thiazole rings is 1. The SMILES string of the molecule is Cc1c(NC(=O)c2csc(CN)n2)cccc1[N+](=O)[O-]. The van der Waals surface area contributed by atoms with Crippen molar-refractivity contribution >= 4 is 28.6 Å². The number of anilines is 1. The third-order valence-electron chi connectivity index (χ3n) is 2.71. The lowest BCUT2D eigenvalue weighted by atomic mass is 10.1. The zero-order valence-electron chi connectivity index (χ0n) is 10.6. The first-order valence-corrected chi connectivity index (χ1v) is 6.60. The van der Waals surface area contributed by atoms with Crippen LogP contribution in [-0.2, 0) is 6.54 Å². The van der Waals surface area contributed by atoms with Crippen LogP contribution in [0.5, 0.6) is 0 Å². The van der Waals surface area contributed by atoms with E-state index in [-0.39, 0.29) is 17.9 Å². The van der Waals surface area contributed by atoms with Gasteiger partial charge in [-0.3, -0.25) is 14.9 Å². The summed E-state index contributed by atoms with van der Waals surface area (Å²) in [6.07, 6.45) is 0. The number of amides is 1. The van der Waals surface area contributed by atoms with Crippen LogP contribution in [0.15, 0.2) is 23.6 Å². The number of hydrogen-bond acceptors (Lipinski definition) is 6. The first-order valence-electron chi connectivity index (χ1n) is 5.72. The van der Waals surface area contributed by atoms with Crippen LogP contribution in [0.2, 0.25) is 0 Å². The van der Waals surface area contributed by atoms with E-state index < -0.39 is 10.8 Å². The summed E-state index contributed by atoms with van der Waals surface area (Å²) in [6.45, 7) is 1.86. The zero-order valence-corrected chi connectivity index (χ0v) is 11.4. The molecule has 0 radical (unpaired) electrons. The minimum Gasteiger partial charge on any atom is -0.325 e. The van der Waals surface area contributed by atoms with E-state index >= 15 is 0 Å². The molecule has 20 heavy (non-hydrogen) atoms. The van der Waals surface area contributed by atoms with Crippen LogP contribution in [0.1, 0.15) is 21.1 Å². The largest absolute Gasteiger partial charge is 0.325 e. The molecule has 0 fully saturated rings. The molecule has 104 valence electrons. The van der Waals surface area contributed by atoms with Crippen molar-refractivity contribution in [2.24, 2.45) is 5.73 Å². The lowest BCUT2D eigenvalue weighted by molar-refractivity contribution is -0.385. The maximum atomic E-state index is 12.0. The van der Waals surface area contributed by atoms with Crippen molar-refractivity contribution < 1.29 is 9.72 Å². The van der Waals surface area contributed by atoms with E-state index in [2.05, 4.69) is 10.3 Å². The average molecular weight is 292 g/mol. The number of nitrogens with two attached hydrogens (primary N) is 1. The van der Waals surface area contributed by atoms with Gasteiger partial charge in [0.2, 0.25) is 0 Å². The molecule has 0 aliphatic heterocycles. The molecule has 0 aliphatic rings. The quantitative estimate of drug-likeness (QED) is 0.662. The molecule has 0 aliphatic carbocycles. The Kier molecular flexibility index (Phi) is 4.06. The van der Waals surface area contributed by atoms with Crippen molar-refractivity contribution in [1.82, 2.24) is 4.98 Å². The van der Waals surface area contributed by atoms with Gasteiger partial charge < -0.3 is 11.1 Å². The lowest BCUT2D eigenvalue weighted by Crippen LogP contribution is -2.14. The Bertz CT molecular complexity index is 668. The van der Waals surface area contributed by atoms with Crippen LogP contribution in [0.3, 0.4) is 0 Å². The Morgan fingerprint density at radius 1 is 1.55 bits per heavy atom. The summed E-state index contributed by atoms with van der Waals surface area (Å²) in [4.78, 5) is 26.4. The number of aromatic nitrogens is 1. The van der Waals surface area contributed by atoms with Crippen LogP contribution >= 0.6 is 11.3 Å². The molecule has 1 aromatic heterocycles. The van der Waals surface area contributed by atoms with Crippen LogP contribution in [0.4, 0.5) is 11.4 Å². The molecular formula is C12H12N4O3S. The summed E-state index contributed by atoms with van der Waals surface area (Å²) in [6, 6.07) is 4.52. The van der Waals surface area contributed by atoms with Crippen LogP contribution in [0.25, 0.3) is 0 Å². The monoisotopic (exact) mass is 292 g/mol. The Hall–Kier alpha value is -2.32. The Labute approximate surface area is 118 Å². The molecule has 3 N–H and O–H groups in total. The summed E-state index contributed by atoms with van der Waals surface area (Å²) < 4.78 is 0. The smallest absolute Gasteiger partial charge is 0.275 e. The number of benzene rings is 1. The topological polar surface area (TPSA) is 111 Å². The number of hydrogen-bond donors (Lipinski definition) is 2. The van der Waals surface area contributed by atoms with Crippen molar-refractivity contribution in [3.8, 4) is 0 Å². The van der Waals surface area contributed by atoms with Gasteiger partial charge in [-0.05, 0) is 13.0 Å². The fraction of sp³-hybridized carbons (Fsp3) is 0.167. The van der Waals surface area contributed by atoms with Gasteiger partial charge in [-0.15, -0.1) is 11.3 Å². The minimum atomic E-state index is -0.486. The maximum Gasteiger partial charge on any atom is 0.275 e. The molecule has 0 saturated heterocycles. The number of nitrogens with zero attached hydrogens (tertiary/aromatic N) is 2. The first-order chi connectivity index (χ1) is 9.52. The summed E-state index contributed by atoms with van der Waals surface area (Å²) in [7, 11) is 0. The first kappa shape index (κ1) is 14.1. The normalized spacial score (nSPS) is 10.3. The highest BCUT2D eigenvalue weighted by Crippen LogP contribution is 2.25. The zero-order chi connectivity index (χ0) is 14.7. The maximum absolute atomic E-state index is 12.0. The molecule has 1 heterocycles. The highest BCUT2D eigenvalue weighted by molar-refractivity contribution is 7.09. The molecule has 0 atom stereocenters. The van der Waals surface area contributed by atoms with E-state index in [1.165, 1.54) is 23.5 Å². The van der Waals surface area contributed by atoms with Crippen LogP contribution < -0.4 is 11.1 Å². The second kappa shape index (κ2) is 5.76. The predicted molar refractivity (Wildman–Crippen MR) is 75.8 cm³/mol. The van der Waals surface area contributed by atoms with E-state index in [0.717, 1.165) is 0 Å². The number of nitrogens with one attached hydrogen (secondary N) is 1. The fourth-order valence-corrected chi connectivity index (χ4v) is 2.31. The molecule has 0 saturated carbocycles. The highest BCUT2D eigenvalue weighted by Gasteiger charge is 2.16. The molecule has 8 heteroatoms. The van der Waals surface area contributed by atoms with E-state index in [1.807, 2.05) is 0 Å². The molecular weight excluding hydrogens is 280 g/mol. The van der Waals surface area contributed by atoms with E-state index in [9.17, 15) is 14.9 Å². The third kappa shape index (κ3) is 2.81. The van der Waals surface area contributed by atoms with E-state index in [1.54, 1.807) is 18.4 Å². The van der Waals surface area contributed by atoms with Gasteiger partial charge in [-0.1, -0.05) is 6.07 Å². The molecule has 2 aromatic rings. The van der Waals surface area contributed by atoms with Gasteiger partial charge in [0.05, 0.1) is 16.2 Å². The summed E-state index contributed by atoms with van der Waals surface area (Å²) in [5, 5.41) is 15.7. The van der Waals surface area contributed by atoms with E-state index in [4.69, 9.17) is 5.73 Å². The van der Waals surface area contributed by atoms with Crippen molar-refractivity contribution in [2.75, 3.05) is 5.32 Å². The van der Waals surface area contributed by atoms with Gasteiger partial charge in [-0.25, -0.2) is 4.98 Å². The Morgan fingerprint density at radius 2 is 2.30 bits per heavy atom. The number of carbonyl (C=O) groups is 1. The second-order valence-electron chi connectivity index (χ2n) is 3.99. The number of nitro groups is 1. The van der Waals surface area contributed by atoms with Crippen LogP contribution in [-0.4, -0.2) is 15.8 Å². The Morgan fingerprint density at radius 3 is 2.90 bits per heavy atom. The fourth-order valence-electron chi connectivity index (χ4n) is 1.65. The van der Waals surface area contributed by atoms with Gasteiger partial charge in [0, 0.05) is 18.0 Å². The van der Waals surface area contributed by atoms with Gasteiger partial charge in [0.15, 0.2) is 0 Å². The molecule has 2 rings (SSSR count). The van der Waals surface area contributed by atoms with Gasteiger partial charge >= 0.3 is 0 Å². The summed E-state index contributed by atoms with van der Waals surface area (Å²) >= 11 is 1.30. The molecule has 0 unspecified atom stereocenters. The number of carbonyl (C=O) groups excluding carboxylic acids is 1. The Balaban J connectivity index is 2.24. The van der Waals surface area contributed by atoms with E-state index in [0.29, 0.717) is 16.3 Å². The van der Waals surface area contributed by atoms with Crippen molar-refractivity contribution in [3.63, 3.8) is 0 Å². The highest BCUT2D eigenvalue weighted by atomic mass is 32.1. The van der Waals surface area contributed by atoms with Gasteiger partial charge in [0.25, 0.3) is 11.6 Å². The summed E-state index contributed by atoms with van der Waals surface area (Å²) in [5.74, 6) is -0.412. The van der Waals surface area contributed by atoms with Gasteiger partial charge in [-0.2, -0.15) is 0 Å². The number of nitro benzene ring substituents is 1. The van der Waals surface area contributed by atoms with Crippen molar-refractivity contribution in [3.05, 3.63) is 50.0 Å². The number of rotatable bonds is 4. The van der Waals surface area contributed by atoms with Gasteiger partial charge in [0.1, 0.15) is 10.7 Å². The lowest BCUT2D eigenvalue weighted by Gasteiger charge is -2.07. The average Bonchev–Trinajstić information content (AvgIpc) is 2.89. The molecule has 1 amide bonds. The third-order valence-corrected chi connectivity index (χ3v) is 3.58. The van der Waals surface area contributed by atoms with Crippen molar-refractivity contribution in [1.29, 1.82) is 0 Å². The molecule has 1 aromatic carbocycles. The minimum absolute atomic E-state index is 0.0382. The molecule has 7 nitrogen and oxygen atoms in total.